The summed E-state index contributed by atoms with van der Waals surface area (Å²) in [6.07, 6.45) is 0.431. The van der Waals surface area contributed by atoms with Crippen molar-refractivity contribution in [1.29, 1.82) is 0 Å². The zero-order chi connectivity index (χ0) is 11.3. The molecular formula is C10H19NO3. The van der Waals surface area contributed by atoms with Gasteiger partial charge in [0, 0.05) is 12.5 Å². The summed E-state index contributed by atoms with van der Waals surface area (Å²) in [5.41, 5.74) is 0. The van der Waals surface area contributed by atoms with Crippen LogP contribution < -0.4 is 0 Å². The second-order valence-electron chi connectivity index (χ2n) is 3.82. The van der Waals surface area contributed by atoms with Gasteiger partial charge in [-0.3, -0.25) is 14.5 Å². The molecule has 4 heteroatoms. The predicted molar refractivity (Wildman–Crippen MR) is 54.2 cm³/mol. The van der Waals surface area contributed by atoms with Gasteiger partial charge in [0.25, 0.3) is 0 Å². The molecule has 82 valence electrons. The molecule has 4 nitrogen and oxygen atoms in total. The van der Waals surface area contributed by atoms with Gasteiger partial charge in [-0.1, -0.05) is 0 Å². The molecule has 0 saturated heterocycles. The van der Waals surface area contributed by atoms with Gasteiger partial charge in [-0.2, -0.15) is 0 Å². The number of carbonyl (C=O) groups excluding carboxylic acids is 1. The first-order valence-electron chi connectivity index (χ1n) is 4.80. The van der Waals surface area contributed by atoms with Crippen LogP contribution in [0.3, 0.4) is 0 Å². The average molecular weight is 201 g/mol. The van der Waals surface area contributed by atoms with E-state index in [1.54, 1.807) is 0 Å². The number of carboxylic acid groups (broad SMARTS) is 1. The highest BCUT2D eigenvalue weighted by Gasteiger charge is 2.22. The molecule has 0 unspecified atom stereocenters. The maximum atomic E-state index is 11.3. The van der Waals surface area contributed by atoms with E-state index in [1.807, 2.05) is 25.8 Å². The highest BCUT2D eigenvalue weighted by Crippen LogP contribution is 2.09. The smallest absolute Gasteiger partial charge is 0.303 e. The standard InChI is InChI=1S/C10H19NO3/c1-7(2)11(4)9(8(3)12)5-6-10(13)14/h7,9H,5-6H2,1-4H3,(H,13,14)/t9-/m0/s1. The molecule has 0 heterocycles. The van der Waals surface area contributed by atoms with Gasteiger partial charge in [0.2, 0.25) is 0 Å². The van der Waals surface area contributed by atoms with Gasteiger partial charge in [0.1, 0.15) is 5.78 Å². The van der Waals surface area contributed by atoms with Gasteiger partial charge in [-0.15, -0.1) is 0 Å². The van der Waals surface area contributed by atoms with Crippen molar-refractivity contribution in [1.82, 2.24) is 4.90 Å². The fraction of sp³-hybridized carbons (Fsp3) is 0.800. The number of rotatable bonds is 6. The summed E-state index contributed by atoms with van der Waals surface area (Å²) in [6, 6.07) is -0.0243. The van der Waals surface area contributed by atoms with E-state index in [0.29, 0.717) is 6.42 Å². The molecule has 1 N–H and O–H groups in total. The third-order valence-corrected chi connectivity index (χ3v) is 2.41. The van der Waals surface area contributed by atoms with Crippen molar-refractivity contribution in [3.05, 3.63) is 0 Å². The number of Topliss-reactive ketones (excluding diaryl/α,β-unsaturated/α-hetero) is 1. The Balaban J connectivity index is 4.29. The molecule has 0 rings (SSSR count). The van der Waals surface area contributed by atoms with Crippen molar-refractivity contribution < 1.29 is 14.7 Å². The maximum Gasteiger partial charge on any atom is 0.303 e. The van der Waals surface area contributed by atoms with Gasteiger partial charge < -0.3 is 5.11 Å². The van der Waals surface area contributed by atoms with E-state index in [9.17, 15) is 9.59 Å². The molecule has 14 heavy (non-hydrogen) atoms. The third kappa shape index (κ3) is 4.37. The van der Waals surface area contributed by atoms with Crippen molar-refractivity contribution in [2.75, 3.05) is 7.05 Å². The van der Waals surface area contributed by atoms with E-state index in [0.717, 1.165) is 0 Å². The summed E-state index contributed by atoms with van der Waals surface area (Å²) >= 11 is 0. The first-order valence-corrected chi connectivity index (χ1v) is 4.80. The van der Waals surface area contributed by atoms with Crippen molar-refractivity contribution in [2.24, 2.45) is 0 Å². The summed E-state index contributed by atoms with van der Waals surface area (Å²) in [4.78, 5) is 23.6. The molecule has 0 aromatic heterocycles. The maximum absolute atomic E-state index is 11.3. The second-order valence-corrected chi connectivity index (χ2v) is 3.82. The first-order chi connectivity index (χ1) is 6.36. The molecule has 0 amide bonds. The minimum Gasteiger partial charge on any atom is -0.481 e. The van der Waals surface area contributed by atoms with Gasteiger partial charge in [0.15, 0.2) is 0 Å². The molecular weight excluding hydrogens is 182 g/mol. The Morgan fingerprint density at radius 1 is 1.36 bits per heavy atom. The number of nitrogens with zero attached hydrogens (tertiary/aromatic N) is 1. The molecule has 1 atom stereocenters. The first kappa shape index (κ1) is 13.1. The van der Waals surface area contributed by atoms with Gasteiger partial charge in [0.05, 0.1) is 6.04 Å². The number of likely N-dealkylation sites (N-methyl/N-ethyl adjacent to an activating group) is 1. The average Bonchev–Trinajstić information content (AvgIpc) is 2.02. The highest BCUT2D eigenvalue weighted by molar-refractivity contribution is 5.82. The summed E-state index contributed by atoms with van der Waals surface area (Å²) < 4.78 is 0. The molecule has 0 spiro atoms. The number of aliphatic carboxylic acids is 1. The molecule has 0 aliphatic rings. The van der Waals surface area contributed by atoms with Crippen LogP contribution in [0.1, 0.15) is 33.6 Å². The fourth-order valence-corrected chi connectivity index (χ4v) is 1.31. The number of hydrogen-bond acceptors (Lipinski definition) is 3. The Morgan fingerprint density at radius 3 is 2.14 bits per heavy atom. The van der Waals surface area contributed by atoms with E-state index in [4.69, 9.17) is 5.11 Å². The monoisotopic (exact) mass is 201 g/mol. The van der Waals surface area contributed by atoms with E-state index in [-0.39, 0.29) is 24.3 Å². The SMILES string of the molecule is CC(=O)[C@H](CCC(=O)O)N(C)C(C)C. The van der Waals surface area contributed by atoms with Gasteiger partial charge in [-0.25, -0.2) is 0 Å². The summed E-state index contributed by atoms with van der Waals surface area (Å²) in [5, 5.41) is 8.53. The number of ketones is 1. The van der Waals surface area contributed by atoms with Crippen molar-refractivity contribution >= 4 is 11.8 Å². The quantitative estimate of drug-likeness (QED) is 0.700. The molecule has 0 aliphatic heterocycles. The second kappa shape index (κ2) is 5.75. The Bertz CT molecular complexity index is 213. The molecule has 0 aromatic carbocycles. The Hall–Kier alpha value is -0.900. The van der Waals surface area contributed by atoms with Crippen molar-refractivity contribution in [3.63, 3.8) is 0 Å². The molecule has 0 fully saturated rings. The lowest BCUT2D eigenvalue weighted by Gasteiger charge is -2.29. The van der Waals surface area contributed by atoms with Crippen LogP contribution in [0.4, 0.5) is 0 Å². The van der Waals surface area contributed by atoms with Gasteiger partial charge in [-0.05, 0) is 34.2 Å². The Morgan fingerprint density at radius 2 is 1.86 bits per heavy atom. The van der Waals surface area contributed by atoms with Crippen LogP contribution in [0.15, 0.2) is 0 Å². The summed E-state index contributed by atoms with van der Waals surface area (Å²) in [6.45, 7) is 5.47. The molecule has 0 bridgehead atoms. The number of carbonyl (C=O) groups is 2. The van der Waals surface area contributed by atoms with E-state index < -0.39 is 5.97 Å². The third-order valence-electron chi connectivity index (χ3n) is 2.41. The highest BCUT2D eigenvalue weighted by atomic mass is 16.4. The van der Waals surface area contributed by atoms with Crippen molar-refractivity contribution in [3.8, 4) is 0 Å². The van der Waals surface area contributed by atoms with Crippen molar-refractivity contribution in [2.45, 2.75) is 45.7 Å². The molecule has 0 saturated carbocycles. The normalized spacial score (nSPS) is 13.3. The van der Waals surface area contributed by atoms with Crippen LogP contribution in [-0.2, 0) is 9.59 Å². The lowest BCUT2D eigenvalue weighted by atomic mass is 10.1. The predicted octanol–water partition coefficient (Wildman–Crippen LogP) is 1.15. The van der Waals surface area contributed by atoms with Crippen LogP contribution in [0.25, 0.3) is 0 Å². The zero-order valence-electron chi connectivity index (χ0n) is 9.28. The van der Waals surface area contributed by atoms with Crippen LogP contribution in [-0.4, -0.2) is 40.9 Å². The van der Waals surface area contributed by atoms with E-state index in [2.05, 4.69) is 0 Å². The fourth-order valence-electron chi connectivity index (χ4n) is 1.31. The zero-order valence-corrected chi connectivity index (χ0v) is 9.28. The minimum atomic E-state index is -0.853. The number of hydrogen-bond donors (Lipinski definition) is 1. The Kier molecular flexibility index (Phi) is 5.38. The van der Waals surface area contributed by atoms with E-state index in [1.165, 1.54) is 6.92 Å². The Labute approximate surface area is 84.9 Å². The largest absolute Gasteiger partial charge is 0.481 e. The molecule has 0 aromatic rings. The van der Waals surface area contributed by atoms with E-state index >= 15 is 0 Å². The lowest BCUT2D eigenvalue weighted by Crippen LogP contribution is -2.41. The summed E-state index contributed by atoms with van der Waals surface area (Å²) in [5.74, 6) is -0.823. The minimum absolute atomic E-state index is 0.0300. The van der Waals surface area contributed by atoms with Crippen LogP contribution in [0.5, 0.6) is 0 Å². The molecule has 0 aliphatic carbocycles. The lowest BCUT2D eigenvalue weighted by molar-refractivity contribution is -0.137. The van der Waals surface area contributed by atoms with Crippen LogP contribution in [0, 0.1) is 0 Å². The summed E-state index contributed by atoms with van der Waals surface area (Å²) in [7, 11) is 1.85. The molecule has 0 radical (unpaired) electrons. The topological polar surface area (TPSA) is 57.6 Å². The van der Waals surface area contributed by atoms with Crippen LogP contribution in [0.2, 0.25) is 0 Å². The van der Waals surface area contributed by atoms with Crippen LogP contribution >= 0.6 is 0 Å². The van der Waals surface area contributed by atoms with Gasteiger partial charge >= 0.3 is 5.97 Å². The number of carboxylic acids is 1.